The summed E-state index contributed by atoms with van der Waals surface area (Å²) in [5.74, 6) is -2.27. The van der Waals surface area contributed by atoms with Crippen molar-refractivity contribution in [2.24, 2.45) is 0 Å². The molecule has 2 aromatic rings. The van der Waals surface area contributed by atoms with Gasteiger partial charge in [0.05, 0.1) is 10.9 Å². The third-order valence-electron chi connectivity index (χ3n) is 2.50. The Hall–Kier alpha value is -1.31. The highest BCUT2D eigenvalue weighted by Crippen LogP contribution is 2.21. The average Bonchev–Trinajstić information content (AvgIpc) is 2.85. The minimum Gasteiger partial charge on any atom is -0.207 e. The Morgan fingerprint density at radius 1 is 1.21 bits per heavy atom. The van der Waals surface area contributed by atoms with E-state index in [-0.39, 0.29) is 4.90 Å². The Labute approximate surface area is 114 Å². The van der Waals surface area contributed by atoms with Gasteiger partial charge in [-0.05, 0) is 36.6 Å². The quantitative estimate of drug-likeness (QED) is 0.943. The molecule has 7 heteroatoms. The summed E-state index contributed by atoms with van der Waals surface area (Å²) in [7, 11) is -3.87. The fraction of sp³-hybridized carbons (Fsp3) is 0.167. The third-order valence-corrected chi connectivity index (χ3v) is 5.10. The molecule has 102 valence electrons. The van der Waals surface area contributed by atoms with Crippen LogP contribution >= 0.6 is 11.3 Å². The normalized spacial score (nSPS) is 13.4. The molecule has 1 aromatic carbocycles. The van der Waals surface area contributed by atoms with E-state index in [1.807, 2.05) is 11.4 Å². The van der Waals surface area contributed by atoms with E-state index >= 15 is 0 Å². The molecule has 1 heterocycles. The van der Waals surface area contributed by atoms with E-state index in [0.717, 1.165) is 17.0 Å². The van der Waals surface area contributed by atoms with Crippen LogP contribution in [0.3, 0.4) is 0 Å². The van der Waals surface area contributed by atoms with Crippen molar-refractivity contribution in [3.63, 3.8) is 0 Å². The van der Waals surface area contributed by atoms with Crippen LogP contribution in [0.15, 0.2) is 40.6 Å². The largest absolute Gasteiger partial charge is 0.241 e. The molecule has 0 amide bonds. The minimum absolute atomic E-state index is 0.296. The molecule has 0 saturated carbocycles. The van der Waals surface area contributed by atoms with Gasteiger partial charge in [0.25, 0.3) is 0 Å². The van der Waals surface area contributed by atoms with E-state index in [4.69, 9.17) is 0 Å². The number of hydrogen-bond donors (Lipinski definition) is 1. The fourth-order valence-electron chi connectivity index (χ4n) is 1.54. The van der Waals surface area contributed by atoms with Crippen molar-refractivity contribution >= 4 is 21.4 Å². The first-order chi connectivity index (χ1) is 8.90. The van der Waals surface area contributed by atoms with Crippen molar-refractivity contribution in [3.8, 4) is 0 Å². The van der Waals surface area contributed by atoms with E-state index < -0.39 is 27.7 Å². The van der Waals surface area contributed by atoms with Gasteiger partial charge in [0.1, 0.15) is 0 Å². The number of sulfonamides is 1. The summed E-state index contributed by atoms with van der Waals surface area (Å²) in [4.78, 5) is 0.543. The molecular weight excluding hydrogens is 292 g/mol. The van der Waals surface area contributed by atoms with Crippen molar-refractivity contribution in [3.05, 3.63) is 52.2 Å². The topological polar surface area (TPSA) is 46.2 Å². The van der Waals surface area contributed by atoms with Gasteiger partial charge in [0.2, 0.25) is 10.0 Å². The maximum atomic E-state index is 13.1. The zero-order valence-corrected chi connectivity index (χ0v) is 11.6. The smallest absolute Gasteiger partial charge is 0.207 e. The van der Waals surface area contributed by atoms with E-state index in [0.29, 0.717) is 6.07 Å². The summed E-state index contributed by atoms with van der Waals surface area (Å²) < 4.78 is 52.3. The first-order valence-corrected chi connectivity index (χ1v) is 7.77. The number of hydrogen-bond acceptors (Lipinski definition) is 3. The van der Waals surface area contributed by atoms with Crippen LogP contribution in [0.2, 0.25) is 0 Å². The predicted molar refractivity (Wildman–Crippen MR) is 69.4 cm³/mol. The van der Waals surface area contributed by atoms with Gasteiger partial charge in [-0.2, -0.15) is 0 Å². The molecule has 1 atom stereocenters. The summed E-state index contributed by atoms with van der Waals surface area (Å²) in [6.45, 7) is 1.68. The van der Waals surface area contributed by atoms with Gasteiger partial charge in [-0.25, -0.2) is 21.9 Å². The Morgan fingerprint density at radius 2 is 1.95 bits per heavy atom. The Bertz CT molecular complexity index is 669. The summed E-state index contributed by atoms with van der Waals surface area (Å²) in [6.07, 6.45) is 0. The zero-order valence-electron chi connectivity index (χ0n) is 9.93. The van der Waals surface area contributed by atoms with Crippen LogP contribution < -0.4 is 4.72 Å². The molecule has 0 spiro atoms. The van der Waals surface area contributed by atoms with Crippen LogP contribution in [0.5, 0.6) is 0 Å². The number of nitrogens with one attached hydrogen (secondary N) is 1. The van der Waals surface area contributed by atoms with Crippen molar-refractivity contribution in [2.75, 3.05) is 0 Å². The minimum atomic E-state index is -3.87. The van der Waals surface area contributed by atoms with Gasteiger partial charge < -0.3 is 0 Å². The Kier molecular flexibility index (Phi) is 3.98. The van der Waals surface area contributed by atoms with Crippen molar-refractivity contribution in [2.45, 2.75) is 17.9 Å². The summed E-state index contributed by atoms with van der Waals surface area (Å²) >= 11 is 1.41. The lowest BCUT2D eigenvalue weighted by atomic mass is 10.3. The molecule has 3 nitrogen and oxygen atoms in total. The molecule has 2 rings (SSSR count). The molecule has 0 aliphatic carbocycles. The molecule has 1 aromatic heterocycles. The first kappa shape index (κ1) is 14.1. The second-order valence-corrected chi connectivity index (χ2v) is 6.63. The van der Waals surface area contributed by atoms with Crippen LogP contribution in [0.1, 0.15) is 17.8 Å². The van der Waals surface area contributed by atoms with E-state index in [2.05, 4.69) is 4.72 Å². The van der Waals surface area contributed by atoms with Crippen LogP contribution in [0.25, 0.3) is 0 Å². The van der Waals surface area contributed by atoms with Gasteiger partial charge in [0, 0.05) is 4.88 Å². The van der Waals surface area contributed by atoms with Crippen molar-refractivity contribution in [1.29, 1.82) is 0 Å². The SMILES string of the molecule is C[C@H](NS(=O)(=O)c1ccc(F)c(F)c1)c1cccs1. The van der Waals surface area contributed by atoms with Gasteiger partial charge in [-0.15, -0.1) is 11.3 Å². The van der Waals surface area contributed by atoms with Crippen molar-refractivity contribution in [1.82, 2.24) is 4.72 Å². The Morgan fingerprint density at radius 3 is 2.53 bits per heavy atom. The lowest BCUT2D eigenvalue weighted by Gasteiger charge is -2.12. The highest BCUT2D eigenvalue weighted by atomic mass is 32.2. The maximum absolute atomic E-state index is 13.1. The van der Waals surface area contributed by atoms with Crippen molar-refractivity contribution < 1.29 is 17.2 Å². The second-order valence-electron chi connectivity index (χ2n) is 3.93. The highest BCUT2D eigenvalue weighted by molar-refractivity contribution is 7.89. The molecule has 0 aliphatic rings. The molecule has 1 N–H and O–H groups in total. The first-order valence-electron chi connectivity index (χ1n) is 5.41. The number of benzene rings is 1. The van der Waals surface area contributed by atoms with Gasteiger partial charge in [-0.3, -0.25) is 0 Å². The summed E-state index contributed by atoms with van der Waals surface area (Å²) in [5, 5.41) is 1.83. The van der Waals surface area contributed by atoms with E-state index in [9.17, 15) is 17.2 Å². The lowest BCUT2D eigenvalue weighted by molar-refractivity contribution is 0.503. The number of thiophene rings is 1. The Balaban J connectivity index is 2.25. The van der Waals surface area contributed by atoms with Crippen LogP contribution in [-0.4, -0.2) is 8.42 Å². The molecule has 0 bridgehead atoms. The van der Waals surface area contributed by atoms with Crippen LogP contribution in [-0.2, 0) is 10.0 Å². The van der Waals surface area contributed by atoms with Gasteiger partial charge in [0.15, 0.2) is 11.6 Å². The lowest BCUT2D eigenvalue weighted by Crippen LogP contribution is -2.26. The predicted octanol–water partition coefficient (Wildman–Crippen LogP) is 3.07. The number of halogens is 2. The molecule has 19 heavy (non-hydrogen) atoms. The van der Waals surface area contributed by atoms with E-state index in [1.54, 1.807) is 13.0 Å². The molecule has 0 aliphatic heterocycles. The highest BCUT2D eigenvalue weighted by Gasteiger charge is 2.20. The molecule has 0 radical (unpaired) electrons. The summed E-state index contributed by atoms with van der Waals surface area (Å²) in [6, 6.07) is 5.66. The van der Waals surface area contributed by atoms with Crippen LogP contribution in [0.4, 0.5) is 8.78 Å². The fourth-order valence-corrected chi connectivity index (χ4v) is 3.58. The summed E-state index contributed by atoms with van der Waals surface area (Å²) in [5.41, 5.74) is 0. The van der Waals surface area contributed by atoms with Crippen LogP contribution in [0, 0.1) is 11.6 Å². The second kappa shape index (κ2) is 5.36. The third kappa shape index (κ3) is 3.17. The zero-order chi connectivity index (χ0) is 14.0. The van der Waals surface area contributed by atoms with Gasteiger partial charge >= 0.3 is 0 Å². The van der Waals surface area contributed by atoms with E-state index in [1.165, 1.54) is 11.3 Å². The standard InChI is InChI=1S/C12H11F2NO2S2/c1-8(12-3-2-6-18-12)15-19(16,17)9-4-5-10(13)11(14)7-9/h2-8,15H,1H3/t8-/m0/s1. The average molecular weight is 303 g/mol. The van der Waals surface area contributed by atoms with Gasteiger partial charge in [-0.1, -0.05) is 6.07 Å². The molecule has 0 saturated heterocycles. The molecule has 0 unspecified atom stereocenters. The molecular formula is C12H11F2NO2S2. The number of rotatable bonds is 4. The monoisotopic (exact) mass is 303 g/mol. The molecule has 0 fully saturated rings. The maximum Gasteiger partial charge on any atom is 0.241 e.